The third-order valence-corrected chi connectivity index (χ3v) is 4.46. The molecule has 3 rings (SSSR count). The molecule has 5 heteroatoms. The smallest absolute Gasteiger partial charge is 0.251 e. The van der Waals surface area contributed by atoms with E-state index in [0.717, 1.165) is 17.7 Å². The lowest BCUT2D eigenvalue weighted by atomic mass is 10.1. The first kappa shape index (κ1) is 16.5. The fourth-order valence-corrected chi connectivity index (χ4v) is 2.98. The molecule has 2 aromatic rings. The Morgan fingerprint density at radius 2 is 1.96 bits per heavy atom. The van der Waals surface area contributed by atoms with Gasteiger partial charge in [-0.1, -0.05) is 29.8 Å². The zero-order chi connectivity index (χ0) is 17.1. The van der Waals surface area contributed by atoms with E-state index in [1.165, 1.54) is 0 Å². The molecule has 1 fully saturated rings. The van der Waals surface area contributed by atoms with Crippen LogP contribution in [0, 0.1) is 0 Å². The Bertz CT molecular complexity index is 758. The van der Waals surface area contributed by atoms with Crippen LogP contribution in [0.25, 0.3) is 0 Å². The van der Waals surface area contributed by atoms with Crippen molar-refractivity contribution in [2.24, 2.45) is 0 Å². The molecule has 0 radical (unpaired) electrons. The molecule has 0 aliphatic carbocycles. The molecule has 1 aliphatic heterocycles. The quantitative estimate of drug-likeness (QED) is 0.914. The standard InChI is InChI=1S/C19H19ClN2O2/c1-13(14-7-9-16(20)10-8-14)21-19(24)15-4-2-5-17(12-15)22-11-3-6-18(22)23/h2,4-5,7-10,12-13H,3,6,11H2,1H3,(H,21,24)/t13-/m1/s1. The number of benzene rings is 2. The molecule has 0 bridgehead atoms. The third-order valence-electron chi connectivity index (χ3n) is 4.21. The molecule has 0 saturated carbocycles. The number of nitrogens with one attached hydrogen (secondary N) is 1. The minimum absolute atomic E-state index is 0.113. The lowest BCUT2D eigenvalue weighted by Crippen LogP contribution is -2.27. The number of halogens is 1. The van der Waals surface area contributed by atoms with Gasteiger partial charge in [-0.3, -0.25) is 9.59 Å². The Morgan fingerprint density at radius 3 is 2.62 bits per heavy atom. The summed E-state index contributed by atoms with van der Waals surface area (Å²) in [5.74, 6) is -0.0481. The Kier molecular flexibility index (Phi) is 4.86. The number of carbonyl (C=O) groups excluding carboxylic acids is 2. The summed E-state index contributed by atoms with van der Waals surface area (Å²) in [5.41, 5.74) is 2.32. The average molecular weight is 343 g/mol. The second-order valence-electron chi connectivity index (χ2n) is 5.95. The Balaban J connectivity index is 1.73. The van der Waals surface area contributed by atoms with Crippen molar-refractivity contribution in [3.8, 4) is 0 Å². The van der Waals surface area contributed by atoms with E-state index < -0.39 is 0 Å². The van der Waals surface area contributed by atoms with Crippen molar-refractivity contribution in [1.82, 2.24) is 5.32 Å². The molecule has 2 amide bonds. The van der Waals surface area contributed by atoms with E-state index in [2.05, 4.69) is 5.32 Å². The van der Waals surface area contributed by atoms with E-state index in [1.807, 2.05) is 31.2 Å². The first-order valence-corrected chi connectivity index (χ1v) is 8.39. The predicted molar refractivity (Wildman–Crippen MR) is 95.4 cm³/mol. The number of anilines is 1. The maximum absolute atomic E-state index is 12.5. The second-order valence-corrected chi connectivity index (χ2v) is 6.38. The van der Waals surface area contributed by atoms with Crippen LogP contribution < -0.4 is 10.2 Å². The largest absolute Gasteiger partial charge is 0.346 e. The Hall–Kier alpha value is -2.33. The first-order valence-electron chi connectivity index (χ1n) is 8.01. The van der Waals surface area contributed by atoms with Crippen molar-refractivity contribution in [2.45, 2.75) is 25.8 Å². The molecule has 1 aliphatic rings. The van der Waals surface area contributed by atoms with Gasteiger partial charge in [0.25, 0.3) is 5.91 Å². The van der Waals surface area contributed by atoms with Crippen LogP contribution in [-0.4, -0.2) is 18.4 Å². The topological polar surface area (TPSA) is 49.4 Å². The van der Waals surface area contributed by atoms with Gasteiger partial charge in [0.1, 0.15) is 0 Å². The maximum Gasteiger partial charge on any atom is 0.251 e. The fourth-order valence-electron chi connectivity index (χ4n) is 2.85. The zero-order valence-electron chi connectivity index (χ0n) is 13.5. The summed E-state index contributed by atoms with van der Waals surface area (Å²) in [6.07, 6.45) is 1.44. The van der Waals surface area contributed by atoms with Crippen LogP contribution >= 0.6 is 11.6 Å². The van der Waals surface area contributed by atoms with Crippen LogP contribution in [-0.2, 0) is 4.79 Å². The van der Waals surface area contributed by atoms with Crippen LogP contribution in [0.5, 0.6) is 0 Å². The summed E-state index contributed by atoms with van der Waals surface area (Å²) < 4.78 is 0. The zero-order valence-corrected chi connectivity index (χ0v) is 14.2. The number of hydrogen-bond acceptors (Lipinski definition) is 2. The molecule has 4 nitrogen and oxygen atoms in total. The summed E-state index contributed by atoms with van der Waals surface area (Å²) in [7, 11) is 0. The monoisotopic (exact) mass is 342 g/mol. The van der Waals surface area contributed by atoms with E-state index in [0.29, 0.717) is 23.6 Å². The number of rotatable bonds is 4. The van der Waals surface area contributed by atoms with E-state index in [9.17, 15) is 9.59 Å². The summed E-state index contributed by atoms with van der Waals surface area (Å²) in [4.78, 5) is 26.1. The second kappa shape index (κ2) is 7.05. The molecule has 0 unspecified atom stereocenters. The van der Waals surface area contributed by atoms with Crippen LogP contribution in [0.3, 0.4) is 0 Å². The molecular weight excluding hydrogens is 324 g/mol. The summed E-state index contributed by atoms with van der Waals surface area (Å²) in [6.45, 7) is 2.64. The van der Waals surface area contributed by atoms with Crippen LogP contribution in [0.15, 0.2) is 48.5 Å². The molecule has 0 aromatic heterocycles. The number of carbonyl (C=O) groups is 2. The van der Waals surface area contributed by atoms with Crippen molar-refractivity contribution in [2.75, 3.05) is 11.4 Å². The fraction of sp³-hybridized carbons (Fsp3) is 0.263. The summed E-state index contributed by atoms with van der Waals surface area (Å²) in [6, 6.07) is 14.5. The highest BCUT2D eigenvalue weighted by molar-refractivity contribution is 6.30. The number of hydrogen-bond donors (Lipinski definition) is 1. The summed E-state index contributed by atoms with van der Waals surface area (Å²) >= 11 is 5.89. The van der Waals surface area contributed by atoms with E-state index in [4.69, 9.17) is 11.6 Å². The van der Waals surface area contributed by atoms with E-state index >= 15 is 0 Å². The van der Waals surface area contributed by atoms with Gasteiger partial charge in [-0.2, -0.15) is 0 Å². The van der Waals surface area contributed by atoms with Gasteiger partial charge in [-0.25, -0.2) is 0 Å². The number of nitrogens with zero attached hydrogens (tertiary/aromatic N) is 1. The SMILES string of the molecule is C[C@@H](NC(=O)c1cccc(N2CCCC2=O)c1)c1ccc(Cl)cc1. The van der Waals surface area contributed by atoms with Crippen LogP contribution in [0.1, 0.15) is 41.7 Å². The highest BCUT2D eigenvalue weighted by Crippen LogP contribution is 2.23. The highest BCUT2D eigenvalue weighted by atomic mass is 35.5. The van der Waals surface area contributed by atoms with Crippen LogP contribution in [0.4, 0.5) is 5.69 Å². The van der Waals surface area contributed by atoms with Crippen molar-refractivity contribution in [3.63, 3.8) is 0 Å². The molecule has 2 aromatic carbocycles. The third kappa shape index (κ3) is 3.60. The van der Waals surface area contributed by atoms with Gasteiger partial charge in [-0.05, 0) is 49.2 Å². The van der Waals surface area contributed by atoms with Gasteiger partial charge in [0, 0.05) is 29.2 Å². The molecule has 124 valence electrons. The van der Waals surface area contributed by atoms with Gasteiger partial charge in [-0.15, -0.1) is 0 Å². The highest BCUT2D eigenvalue weighted by Gasteiger charge is 2.22. The predicted octanol–water partition coefficient (Wildman–Crippen LogP) is 3.96. The van der Waals surface area contributed by atoms with Crippen molar-refractivity contribution >= 4 is 29.1 Å². The van der Waals surface area contributed by atoms with Gasteiger partial charge in [0.05, 0.1) is 6.04 Å². The van der Waals surface area contributed by atoms with Crippen molar-refractivity contribution in [1.29, 1.82) is 0 Å². The molecular formula is C19H19ClN2O2. The van der Waals surface area contributed by atoms with Gasteiger partial charge in [0.2, 0.25) is 5.91 Å². The molecule has 24 heavy (non-hydrogen) atoms. The molecule has 1 atom stereocenters. The first-order chi connectivity index (χ1) is 11.5. The average Bonchev–Trinajstić information content (AvgIpc) is 3.01. The molecule has 1 N–H and O–H groups in total. The lowest BCUT2D eigenvalue weighted by Gasteiger charge is -2.18. The lowest BCUT2D eigenvalue weighted by molar-refractivity contribution is -0.117. The number of amides is 2. The van der Waals surface area contributed by atoms with E-state index in [-0.39, 0.29) is 17.9 Å². The maximum atomic E-state index is 12.5. The molecule has 1 saturated heterocycles. The van der Waals surface area contributed by atoms with Gasteiger partial charge < -0.3 is 10.2 Å². The summed E-state index contributed by atoms with van der Waals surface area (Å²) in [5, 5.41) is 3.64. The minimum atomic E-state index is -0.161. The minimum Gasteiger partial charge on any atom is -0.346 e. The van der Waals surface area contributed by atoms with Crippen molar-refractivity contribution in [3.05, 3.63) is 64.7 Å². The normalized spacial score (nSPS) is 15.4. The molecule has 0 spiro atoms. The van der Waals surface area contributed by atoms with E-state index in [1.54, 1.807) is 29.2 Å². The van der Waals surface area contributed by atoms with Crippen molar-refractivity contribution < 1.29 is 9.59 Å². The molecule has 1 heterocycles. The Morgan fingerprint density at radius 1 is 1.21 bits per heavy atom. The van der Waals surface area contributed by atoms with Crippen LogP contribution in [0.2, 0.25) is 5.02 Å². The van der Waals surface area contributed by atoms with Gasteiger partial charge in [0.15, 0.2) is 0 Å². The Labute approximate surface area is 146 Å². The van der Waals surface area contributed by atoms with Gasteiger partial charge >= 0.3 is 0 Å².